The average molecular weight is 520 g/mol. The van der Waals surface area contributed by atoms with Gasteiger partial charge in [-0.05, 0) is 61.7 Å². The molecule has 1 aromatic heterocycles. The van der Waals surface area contributed by atoms with Crippen LogP contribution < -0.4 is 10.1 Å². The van der Waals surface area contributed by atoms with Crippen LogP contribution in [0.1, 0.15) is 42.0 Å². The van der Waals surface area contributed by atoms with E-state index < -0.39 is 17.3 Å². The number of alkyl halides is 3. The van der Waals surface area contributed by atoms with Gasteiger partial charge in [-0.1, -0.05) is 35.9 Å². The van der Waals surface area contributed by atoms with Crippen LogP contribution in [0.15, 0.2) is 66.9 Å². The summed E-state index contributed by atoms with van der Waals surface area (Å²) in [7, 11) is 0. The van der Waals surface area contributed by atoms with Gasteiger partial charge in [0, 0.05) is 29.7 Å². The Hall–Kier alpha value is -2.73. The van der Waals surface area contributed by atoms with Gasteiger partial charge in [0.2, 0.25) is 5.88 Å². The summed E-state index contributed by atoms with van der Waals surface area (Å²) in [5.74, 6) is 0.00718. The summed E-state index contributed by atoms with van der Waals surface area (Å²) in [6.07, 6.45) is -3.05. The highest BCUT2D eigenvalue weighted by Crippen LogP contribution is 2.30. The van der Waals surface area contributed by atoms with Gasteiger partial charge in [0.1, 0.15) is 5.60 Å². The minimum absolute atomic E-state index is 0.0900. The highest BCUT2D eigenvalue weighted by molar-refractivity contribution is 7.80. The van der Waals surface area contributed by atoms with Gasteiger partial charge >= 0.3 is 6.18 Å². The molecule has 2 atom stereocenters. The van der Waals surface area contributed by atoms with Crippen molar-refractivity contribution in [3.63, 3.8) is 0 Å². The topological polar surface area (TPSA) is 57.9 Å². The van der Waals surface area contributed by atoms with Crippen LogP contribution in [-0.4, -0.2) is 22.5 Å². The van der Waals surface area contributed by atoms with Gasteiger partial charge in [0.15, 0.2) is 0 Å². The van der Waals surface area contributed by atoms with Crippen molar-refractivity contribution in [2.75, 3.05) is 6.54 Å². The van der Waals surface area contributed by atoms with Crippen LogP contribution in [0.3, 0.4) is 0 Å². The van der Waals surface area contributed by atoms with Gasteiger partial charge < -0.3 is 10.1 Å². The maximum absolute atomic E-state index is 12.8. The summed E-state index contributed by atoms with van der Waals surface area (Å²) >= 11 is 10.8. The first-order valence-corrected chi connectivity index (χ1v) is 11.7. The Kier molecular flexibility index (Phi) is 8.70. The molecule has 0 saturated carbocycles. The molecule has 0 amide bonds. The summed E-state index contributed by atoms with van der Waals surface area (Å²) < 4.78 is 44.2. The molecule has 0 unspecified atom stereocenters. The molecule has 3 rings (SSSR count). The van der Waals surface area contributed by atoms with E-state index in [4.69, 9.17) is 29.0 Å². The van der Waals surface area contributed by atoms with E-state index in [-0.39, 0.29) is 17.2 Å². The molecular weight excluding hydrogens is 495 g/mol. The fraction of sp³-hybridized carbons (Fsp3) is 0.308. The molecular formula is C26H25ClF3N3OS. The molecule has 0 radical (unpaired) electrons. The zero-order valence-electron chi connectivity index (χ0n) is 19.2. The zero-order valence-corrected chi connectivity index (χ0v) is 20.8. The molecule has 0 bridgehead atoms. The molecule has 1 heterocycles. The monoisotopic (exact) mass is 519 g/mol. The summed E-state index contributed by atoms with van der Waals surface area (Å²) in [6, 6.07) is 19.3. The first-order chi connectivity index (χ1) is 16.5. The number of hydrogen-bond donors (Lipinski definition) is 2. The number of hydrogen-bond acceptors (Lipinski definition) is 5. The Morgan fingerprint density at radius 2 is 1.83 bits per heavy atom. The molecule has 4 nitrogen and oxygen atoms in total. The van der Waals surface area contributed by atoms with Crippen molar-refractivity contribution in [1.82, 2.24) is 10.3 Å². The lowest BCUT2D eigenvalue weighted by molar-refractivity contribution is -0.137. The van der Waals surface area contributed by atoms with Crippen molar-refractivity contribution in [3.05, 3.63) is 94.1 Å². The van der Waals surface area contributed by atoms with Crippen molar-refractivity contribution in [3.8, 4) is 11.9 Å². The number of nitriles is 1. The Labute approximate surface area is 213 Å². The van der Waals surface area contributed by atoms with Gasteiger partial charge in [-0.3, -0.25) is 0 Å². The third-order valence-electron chi connectivity index (χ3n) is 5.38. The number of rotatable bonds is 9. The molecule has 184 valence electrons. The van der Waals surface area contributed by atoms with E-state index in [1.165, 1.54) is 6.07 Å². The van der Waals surface area contributed by atoms with Crippen LogP contribution in [0.5, 0.6) is 5.88 Å². The highest BCUT2D eigenvalue weighted by Gasteiger charge is 2.31. The van der Waals surface area contributed by atoms with Crippen molar-refractivity contribution in [2.24, 2.45) is 0 Å². The Morgan fingerprint density at radius 3 is 2.43 bits per heavy atom. The summed E-state index contributed by atoms with van der Waals surface area (Å²) in [5.41, 5.74) is 0.955. The quantitative estimate of drug-likeness (QED) is 0.245. The van der Waals surface area contributed by atoms with Gasteiger partial charge in [-0.25, -0.2) is 4.98 Å². The van der Waals surface area contributed by atoms with E-state index in [1.807, 2.05) is 56.3 Å². The van der Waals surface area contributed by atoms with Gasteiger partial charge in [0.05, 0.1) is 22.6 Å². The molecule has 0 aliphatic rings. The average Bonchev–Trinajstić information content (AvgIpc) is 2.82. The maximum Gasteiger partial charge on any atom is 0.417 e. The Balaban J connectivity index is 1.72. The number of nitrogens with one attached hydrogen (secondary N) is 1. The van der Waals surface area contributed by atoms with Crippen LogP contribution in [0.4, 0.5) is 13.2 Å². The first kappa shape index (κ1) is 26.9. The largest absolute Gasteiger partial charge is 0.470 e. The zero-order chi connectivity index (χ0) is 25.6. The summed E-state index contributed by atoms with van der Waals surface area (Å²) in [4.78, 5) is 3.79. The van der Waals surface area contributed by atoms with E-state index in [9.17, 15) is 18.4 Å². The standard InChI is InChI=1S/C26H25ClF3N3OS/c1-25(2,34-23-11-8-20(15-32-23)26(28,29)30)16-33-24(35)22(13-17-6-9-21(27)10-7-17)19-5-3-4-18(12-19)14-31/h3-12,15,22,24,33,35H,13,16H2,1-2H3/t22-,24-/m0/s1. The van der Waals surface area contributed by atoms with E-state index in [0.29, 0.717) is 23.6 Å². The molecule has 2 aromatic carbocycles. The number of ether oxygens (including phenoxy) is 1. The summed E-state index contributed by atoms with van der Waals surface area (Å²) in [5, 5.41) is 13.0. The SMILES string of the molecule is CC(C)(CN[C@@H](S)[C@@H](Cc1ccc(Cl)cc1)c1cccc(C#N)c1)Oc1ccc(C(F)(F)F)cn1. The van der Waals surface area contributed by atoms with Crippen LogP contribution >= 0.6 is 24.2 Å². The fourth-order valence-corrected chi connectivity index (χ4v) is 4.04. The fourth-order valence-electron chi connectivity index (χ4n) is 3.55. The smallest absolute Gasteiger partial charge is 0.417 e. The van der Waals surface area contributed by atoms with Crippen LogP contribution in [0.2, 0.25) is 5.02 Å². The molecule has 0 spiro atoms. The summed E-state index contributed by atoms with van der Waals surface area (Å²) in [6.45, 7) is 3.97. The van der Waals surface area contributed by atoms with E-state index in [0.717, 1.165) is 23.4 Å². The Morgan fingerprint density at radius 1 is 1.11 bits per heavy atom. The van der Waals surface area contributed by atoms with Crippen molar-refractivity contribution >= 4 is 24.2 Å². The molecule has 0 aliphatic heterocycles. The van der Waals surface area contributed by atoms with Crippen LogP contribution in [-0.2, 0) is 12.6 Å². The third kappa shape index (κ3) is 7.89. The molecule has 9 heteroatoms. The van der Waals surface area contributed by atoms with E-state index in [2.05, 4.69) is 16.4 Å². The number of pyridine rings is 1. The minimum atomic E-state index is -4.45. The number of thiol groups is 1. The van der Waals surface area contributed by atoms with Crippen molar-refractivity contribution in [2.45, 2.75) is 43.3 Å². The van der Waals surface area contributed by atoms with Crippen LogP contribution in [0, 0.1) is 11.3 Å². The molecule has 0 saturated heterocycles. The molecule has 0 aliphatic carbocycles. The van der Waals surface area contributed by atoms with E-state index in [1.54, 1.807) is 6.07 Å². The molecule has 1 N–H and O–H groups in total. The highest BCUT2D eigenvalue weighted by atomic mass is 35.5. The molecule has 35 heavy (non-hydrogen) atoms. The number of halogens is 4. The maximum atomic E-state index is 12.8. The second-order valence-corrected chi connectivity index (χ2v) is 9.74. The molecule has 3 aromatic rings. The predicted molar refractivity (Wildman–Crippen MR) is 134 cm³/mol. The lowest BCUT2D eigenvalue weighted by atomic mass is 9.90. The second kappa shape index (κ2) is 11.3. The predicted octanol–water partition coefficient (Wildman–Crippen LogP) is 6.65. The van der Waals surface area contributed by atoms with Crippen LogP contribution in [0.25, 0.3) is 0 Å². The number of benzene rings is 2. The van der Waals surface area contributed by atoms with Crippen molar-refractivity contribution in [1.29, 1.82) is 5.26 Å². The second-order valence-electron chi connectivity index (χ2n) is 8.74. The number of aromatic nitrogens is 1. The first-order valence-electron chi connectivity index (χ1n) is 10.8. The Bertz CT molecular complexity index is 1160. The third-order valence-corrected chi connectivity index (χ3v) is 6.17. The normalized spacial score (nSPS) is 13.7. The molecule has 0 fully saturated rings. The minimum Gasteiger partial charge on any atom is -0.470 e. The lowest BCUT2D eigenvalue weighted by Crippen LogP contribution is -2.45. The van der Waals surface area contributed by atoms with Gasteiger partial charge in [-0.15, -0.1) is 0 Å². The van der Waals surface area contributed by atoms with Gasteiger partial charge in [0.25, 0.3) is 0 Å². The van der Waals surface area contributed by atoms with Crippen molar-refractivity contribution < 1.29 is 17.9 Å². The lowest BCUT2D eigenvalue weighted by Gasteiger charge is -2.31. The van der Waals surface area contributed by atoms with E-state index >= 15 is 0 Å². The number of nitrogens with zero attached hydrogens (tertiary/aromatic N) is 2. The van der Waals surface area contributed by atoms with Gasteiger partial charge in [-0.2, -0.15) is 31.1 Å².